The molecule has 1 saturated heterocycles. The molecule has 2 aromatic rings. The van der Waals surface area contributed by atoms with Crippen molar-refractivity contribution in [2.45, 2.75) is 18.6 Å². The molecule has 0 saturated carbocycles. The summed E-state index contributed by atoms with van der Waals surface area (Å²) in [7, 11) is 1.79. The summed E-state index contributed by atoms with van der Waals surface area (Å²) in [5.74, 6) is 0. The van der Waals surface area contributed by atoms with Gasteiger partial charge in [-0.05, 0) is 22.8 Å². The Morgan fingerprint density at radius 1 is 1.25 bits per heavy atom. The molecule has 2 N–H and O–H groups in total. The SMILES string of the molecule is COC1CCN(CC(N)c2cccc3ccccc23)C1. The fraction of sp³-hybridized carbons (Fsp3) is 0.412. The topological polar surface area (TPSA) is 38.5 Å². The van der Waals surface area contributed by atoms with E-state index < -0.39 is 0 Å². The van der Waals surface area contributed by atoms with Crippen molar-refractivity contribution >= 4 is 10.8 Å². The number of fused-ring (bicyclic) bond motifs is 1. The van der Waals surface area contributed by atoms with Crippen LogP contribution >= 0.6 is 0 Å². The molecule has 0 aliphatic carbocycles. The highest BCUT2D eigenvalue weighted by atomic mass is 16.5. The summed E-state index contributed by atoms with van der Waals surface area (Å²) >= 11 is 0. The molecule has 2 unspecified atom stereocenters. The van der Waals surface area contributed by atoms with E-state index in [4.69, 9.17) is 10.5 Å². The number of hydrogen-bond acceptors (Lipinski definition) is 3. The Balaban J connectivity index is 1.77. The third-order valence-corrected chi connectivity index (χ3v) is 4.24. The van der Waals surface area contributed by atoms with E-state index in [2.05, 4.69) is 47.4 Å². The molecule has 3 rings (SSSR count). The maximum Gasteiger partial charge on any atom is 0.0710 e. The second-order valence-electron chi connectivity index (χ2n) is 5.58. The fourth-order valence-corrected chi connectivity index (χ4v) is 3.11. The average Bonchev–Trinajstić information content (AvgIpc) is 2.94. The van der Waals surface area contributed by atoms with Gasteiger partial charge in [0.1, 0.15) is 0 Å². The Kier molecular flexibility index (Phi) is 4.01. The van der Waals surface area contributed by atoms with Gasteiger partial charge in [-0.2, -0.15) is 0 Å². The maximum absolute atomic E-state index is 6.45. The quantitative estimate of drug-likeness (QED) is 0.928. The third-order valence-electron chi connectivity index (χ3n) is 4.24. The first-order valence-corrected chi connectivity index (χ1v) is 7.26. The van der Waals surface area contributed by atoms with Gasteiger partial charge in [-0.3, -0.25) is 4.90 Å². The number of nitrogens with two attached hydrogens (primary N) is 1. The molecule has 0 amide bonds. The number of hydrogen-bond donors (Lipinski definition) is 1. The number of rotatable bonds is 4. The number of benzene rings is 2. The number of ether oxygens (including phenoxy) is 1. The Morgan fingerprint density at radius 2 is 2.05 bits per heavy atom. The van der Waals surface area contributed by atoms with E-state index in [-0.39, 0.29) is 6.04 Å². The second kappa shape index (κ2) is 5.92. The zero-order chi connectivity index (χ0) is 13.9. The van der Waals surface area contributed by atoms with Gasteiger partial charge in [0.25, 0.3) is 0 Å². The zero-order valence-electron chi connectivity index (χ0n) is 12.0. The van der Waals surface area contributed by atoms with Crippen LogP contribution in [0.4, 0.5) is 0 Å². The van der Waals surface area contributed by atoms with Crippen molar-refractivity contribution in [2.75, 3.05) is 26.7 Å². The minimum Gasteiger partial charge on any atom is -0.380 e. The fourth-order valence-electron chi connectivity index (χ4n) is 3.11. The van der Waals surface area contributed by atoms with Gasteiger partial charge in [0, 0.05) is 32.8 Å². The summed E-state index contributed by atoms with van der Waals surface area (Å²) in [5, 5.41) is 2.53. The summed E-state index contributed by atoms with van der Waals surface area (Å²) in [6.07, 6.45) is 1.48. The van der Waals surface area contributed by atoms with Gasteiger partial charge in [-0.25, -0.2) is 0 Å². The van der Waals surface area contributed by atoms with E-state index in [9.17, 15) is 0 Å². The third kappa shape index (κ3) is 2.70. The van der Waals surface area contributed by atoms with Crippen LogP contribution in [0.15, 0.2) is 42.5 Å². The Hall–Kier alpha value is -1.42. The molecule has 0 bridgehead atoms. The summed E-state index contributed by atoms with van der Waals surface area (Å²) < 4.78 is 5.42. The normalized spacial score (nSPS) is 21.4. The molecular formula is C17H22N2O. The molecule has 1 fully saturated rings. The number of methoxy groups -OCH3 is 1. The zero-order valence-corrected chi connectivity index (χ0v) is 12.0. The van der Waals surface area contributed by atoms with Crippen LogP contribution in [-0.2, 0) is 4.74 Å². The van der Waals surface area contributed by atoms with Gasteiger partial charge in [0.05, 0.1) is 6.10 Å². The highest BCUT2D eigenvalue weighted by Gasteiger charge is 2.24. The Bertz CT molecular complexity index is 579. The van der Waals surface area contributed by atoms with Gasteiger partial charge >= 0.3 is 0 Å². The van der Waals surface area contributed by atoms with Gasteiger partial charge in [0.2, 0.25) is 0 Å². The van der Waals surface area contributed by atoms with Crippen molar-refractivity contribution in [1.29, 1.82) is 0 Å². The minimum absolute atomic E-state index is 0.0525. The summed E-state index contributed by atoms with van der Waals surface area (Å²) in [6.45, 7) is 2.97. The molecular weight excluding hydrogens is 248 g/mol. The van der Waals surface area contributed by atoms with Gasteiger partial charge in [0.15, 0.2) is 0 Å². The van der Waals surface area contributed by atoms with Crippen LogP contribution in [0.25, 0.3) is 10.8 Å². The van der Waals surface area contributed by atoms with Crippen LogP contribution in [0, 0.1) is 0 Å². The van der Waals surface area contributed by atoms with E-state index in [1.54, 1.807) is 7.11 Å². The molecule has 2 atom stereocenters. The van der Waals surface area contributed by atoms with E-state index in [0.717, 1.165) is 26.1 Å². The van der Waals surface area contributed by atoms with Gasteiger partial charge in [-0.1, -0.05) is 42.5 Å². The average molecular weight is 270 g/mol. The molecule has 0 aromatic heterocycles. The molecule has 3 heteroatoms. The molecule has 0 spiro atoms. The number of likely N-dealkylation sites (tertiary alicyclic amines) is 1. The Morgan fingerprint density at radius 3 is 2.85 bits per heavy atom. The first kappa shape index (κ1) is 13.6. The Labute approximate surface area is 120 Å². The van der Waals surface area contributed by atoms with Gasteiger partial charge in [-0.15, -0.1) is 0 Å². The number of nitrogens with zero attached hydrogens (tertiary/aromatic N) is 1. The monoisotopic (exact) mass is 270 g/mol. The highest BCUT2D eigenvalue weighted by molar-refractivity contribution is 5.86. The first-order valence-electron chi connectivity index (χ1n) is 7.26. The van der Waals surface area contributed by atoms with Crippen LogP contribution in [0.3, 0.4) is 0 Å². The van der Waals surface area contributed by atoms with Crippen LogP contribution < -0.4 is 5.73 Å². The summed E-state index contributed by atoms with van der Waals surface area (Å²) in [4.78, 5) is 2.40. The lowest BCUT2D eigenvalue weighted by Crippen LogP contribution is -2.31. The molecule has 2 aromatic carbocycles. The lowest BCUT2D eigenvalue weighted by Gasteiger charge is -2.22. The first-order chi connectivity index (χ1) is 9.78. The van der Waals surface area contributed by atoms with Crippen molar-refractivity contribution in [1.82, 2.24) is 4.90 Å². The summed E-state index contributed by atoms with van der Waals surface area (Å²) in [6, 6.07) is 14.9. The van der Waals surface area contributed by atoms with Crippen LogP contribution in [0.2, 0.25) is 0 Å². The predicted octanol–water partition coefficient (Wildman–Crippen LogP) is 2.56. The standard InChI is InChI=1S/C17H22N2O/c1-20-14-9-10-19(11-14)12-17(18)16-8-4-6-13-5-2-3-7-15(13)16/h2-8,14,17H,9-12,18H2,1H3. The lowest BCUT2D eigenvalue weighted by molar-refractivity contribution is 0.107. The predicted molar refractivity (Wildman–Crippen MR) is 82.7 cm³/mol. The lowest BCUT2D eigenvalue weighted by atomic mass is 9.99. The van der Waals surface area contributed by atoms with Crippen molar-refractivity contribution in [3.05, 3.63) is 48.0 Å². The minimum atomic E-state index is 0.0525. The van der Waals surface area contributed by atoms with E-state index >= 15 is 0 Å². The van der Waals surface area contributed by atoms with Crippen LogP contribution in [-0.4, -0.2) is 37.7 Å². The summed E-state index contributed by atoms with van der Waals surface area (Å²) in [5.41, 5.74) is 7.69. The van der Waals surface area contributed by atoms with Crippen LogP contribution in [0.5, 0.6) is 0 Å². The van der Waals surface area contributed by atoms with Crippen molar-refractivity contribution in [3.8, 4) is 0 Å². The largest absolute Gasteiger partial charge is 0.380 e. The molecule has 106 valence electrons. The molecule has 1 aliphatic heterocycles. The molecule has 0 radical (unpaired) electrons. The van der Waals surface area contributed by atoms with Crippen molar-refractivity contribution < 1.29 is 4.74 Å². The van der Waals surface area contributed by atoms with Crippen molar-refractivity contribution in [3.63, 3.8) is 0 Å². The molecule has 20 heavy (non-hydrogen) atoms. The van der Waals surface area contributed by atoms with E-state index in [1.165, 1.54) is 16.3 Å². The molecule has 3 nitrogen and oxygen atoms in total. The van der Waals surface area contributed by atoms with E-state index in [1.807, 2.05) is 0 Å². The highest BCUT2D eigenvalue weighted by Crippen LogP contribution is 2.24. The van der Waals surface area contributed by atoms with Gasteiger partial charge < -0.3 is 10.5 Å². The van der Waals surface area contributed by atoms with Crippen LogP contribution in [0.1, 0.15) is 18.0 Å². The van der Waals surface area contributed by atoms with E-state index in [0.29, 0.717) is 6.10 Å². The molecule has 1 heterocycles. The molecule has 1 aliphatic rings. The van der Waals surface area contributed by atoms with Crippen molar-refractivity contribution in [2.24, 2.45) is 5.73 Å². The second-order valence-corrected chi connectivity index (χ2v) is 5.58. The smallest absolute Gasteiger partial charge is 0.0710 e. The maximum atomic E-state index is 6.45.